The molecule has 116 valence electrons. The smallest absolute Gasteiger partial charge is 0.270 e. The topological polar surface area (TPSA) is 72.2 Å². The third-order valence-electron chi connectivity index (χ3n) is 3.58. The van der Waals surface area contributed by atoms with Gasteiger partial charge in [0.1, 0.15) is 0 Å². The van der Waals surface area contributed by atoms with Crippen LogP contribution in [0, 0.1) is 24.0 Å². The summed E-state index contributed by atoms with van der Waals surface area (Å²) in [7, 11) is 0. The lowest BCUT2D eigenvalue weighted by Gasteiger charge is -2.08. The molecule has 0 bridgehead atoms. The lowest BCUT2D eigenvalue weighted by Crippen LogP contribution is -2.11. The number of hydrogen-bond acceptors (Lipinski definition) is 4. The van der Waals surface area contributed by atoms with Crippen molar-refractivity contribution >= 4 is 38.7 Å². The fourth-order valence-corrected chi connectivity index (χ4v) is 3.25. The molecule has 5 nitrogen and oxygen atoms in total. The van der Waals surface area contributed by atoms with Crippen molar-refractivity contribution in [1.82, 2.24) is 0 Å². The molecule has 0 aliphatic rings. The van der Waals surface area contributed by atoms with Gasteiger partial charge in [-0.25, -0.2) is 0 Å². The van der Waals surface area contributed by atoms with Crippen LogP contribution in [0.1, 0.15) is 20.8 Å². The van der Waals surface area contributed by atoms with Crippen molar-refractivity contribution in [3.8, 4) is 0 Å². The Labute approximate surface area is 136 Å². The number of hydrogen-bond donors (Lipinski definition) is 1. The number of carbonyl (C=O) groups is 1. The number of nitrogens with zero attached hydrogens (tertiary/aromatic N) is 1. The quantitative estimate of drug-likeness (QED) is 0.561. The fraction of sp³-hybridized carbons (Fsp3) is 0.118. The molecule has 23 heavy (non-hydrogen) atoms. The van der Waals surface area contributed by atoms with E-state index in [1.54, 1.807) is 12.1 Å². The zero-order valence-corrected chi connectivity index (χ0v) is 13.4. The van der Waals surface area contributed by atoms with Crippen LogP contribution in [0.5, 0.6) is 0 Å². The molecule has 1 heterocycles. The third kappa shape index (κ3) is 3.07. The van der Waals surface area contributed by atoms with Gasteiger partial charge < -0.3 is 5.32 Å². The number of anilines is 1. The lowest BCUT2D eigenvalue weighted by atomic mass is 10.1. The highest BCUT2D eigenvalue weighted by Crippen LogP contribution is 2.29. The first-order valence-electron chi connectivity index (χ1n) is 7.00. The summed E-state index contributed by atoms with van der Waals surface area (Å²) in [5.41, 5.74) is 2.86. The maximum atomic E-state index is 12.4. The number of rotatable bonds is 3. The van der Waals surface area contributed by atoms with Crippen LogP contribution >= 0.6 is 11.3 Å². The van der Waals surface area contributed by atoms with Gasteiger partial charge in [0.15, 0.2) is 0 Å². The molecule has 0 spiro atoms. The number of benzene rings is 2. The first-order valence-corrected chi connectivity index (χ1v) is 7.82. The monoisotopic (exact) mass is 326 g/mol. The normalized spacial score (nSPS) is 10.7. The number of nitro groups is 1. The maximum absolute atomic E-state index is 12.4. The number of thiophene rings is 1. The predicted octanol–water partition coefficient (Wildman–Crippen LogP) is 4.68. The van der Waals surface area contributed by atoms with Gasteiger partial charge in [-0.3, -0.25) is 14.9 Å². The molecular weight excluding hydrogens is 312 g/mol. The van der Waals surface area contributed by atoms with Crippen LogP contribution in [0.15, 0.2) is 42.5 Å². The van der Waals surface area contributed by atoms with Crippen LogP contribution in [0.2, 0.25) is 0 Å². The van der Waals surface area contributed by atoms with E-state index in [1.165, 1.54) is 23.5 Å². The molecule has 1 N–H and O–H groups in total. The fourth-order valence-electron chi connectivity index (χ4n) is 2.31. The Morgan fingerprint density at radius 1 is 1.13 bits per heavy atom. The van der Waals surface area contributed by atoms with Crippen molar-refractivity contribution in [1.29, 1.82) is 0 Å². The minimum atomic E-state index is -0.438. The molecule has 3 aromatic rings. The van der Waals surface area contributed by atoms with Crippen LogP contribution in [0.3, 0.4) is 0 Å². The second kappa shape index (κ2) is 5.81. The summed E-state index contributed by atoms with van der Waals surface area (Å²) in [6, 6.07) is 12.2. The van der Waals surface area contributed by atoms with Crippen LogP contribution < -0.4 is 5.32 Å². The summed E-state index contributed by atoms with van der Waals surface area (Å²) in [5, 5.41) is 14.4. The Balaban J connectivity index is 1.91. The molecule has 0 radical (unpaired) electrons. The third-order valence-corrected chi connectivity index (χ3v) is 4.69. The molecule has 1 amide bonds. The zero-order valence-electron chi connectivity index (χ0n) is 12.6. The van der Waals surface area contributed by atoms with Crippen molar-refractivity contribution < 1.29 is 9.72 Å². The van der Waals surface area contributed by atoms with E-state index in [-0.39, 0.29) is 11.6 Å². The molecule has 0 atom stereocenters. The number of aryl methyl sites for hydroxylation is 2. The average Bonchev–Trinajstić information content (AvgIpc) is 2.94. The van der Waals surface area contributed by atoms with Gasteiger partial charge in [0.25, 0.3) is 11.6 Å². The highest BCUT2D eigenvalue weighted by molar-refractivity contribution is 7.20. The summed E-state index contributed by atoms with van der Waals surface area (Å²) < 4.78 is 0.849. The molecule has 1 aromatic heterocycles. The van der Waals surface area contributed by atoms with Gasteiger partial charge in [-0.2, -0.15) is 0 Å². The molecular formula is C17H14N2O3S. The van der Waals surface area contributed by atoms with E-state index in [4.69, 9.17) is 0 Å². The maximum Gasteiger partial charge on any atom is 0.270 e. The van der Waals surface area contributed by atoms with Crippen LogP contribution in [0.25, 0.3) is 10.1 Å². The minimum Gasteiger partial charge on any atom is -0.321 e. The molecule has 3 rings (SSSR count). The summed E-state index contributed by atoms with van der Waals surface area (Å²) in [6.45, 7) is 3.90. The standard InChI is InChI=1S/C17H14N2O3S/c1-10-3-4-11(2)14(7-10)18-17(20)16-9-12-8-13(19(21)22)5-6-15(12)23-16/h3-9H,1-2H3,(H,18,20). The van der Waals surface area contributed by atoms with Gasteiger partial charge in [-0.1, -0.05) is 12.1 Å². The van der Waals surface area contributed by atoms with Crippen molar-refractivity contribution in [2.24, 2.45) is 0 Å². The number of carbonyl (C=O) groups excluding carboxylic acids is 1. The Hall–Kier alpha value is -2.73. The highest BCUT2D eigenvalue weighted by atomic mass is 32.1. The van der Waals surface area contributed by atoms with Crippen molar-refractivity contribution in [2.75, 3.05) is 5.32 Å². The second-order valence-corrected chi connectivity index (χ2v) is 6.45. The van der Waals surface area contributed by atoms with Gasteiger partial charge in [-0.15, -0.1) is 11.3 Å². The van der Waals surface area contributed by atoms with E-state index in [0.29, 0.717) is 10.3 Å². The van der Waals surface area contributed by atoms with Gasteiger partial charge in [0.05, 0.1) is 9.80 Å². The molecule has 0 fully saturated rings. The second-order valence-electron chi connectivity index (χ2n) is 5.36. The molecule has 0 aliphatic carbocycles. The summed E-state index contributed by atoms with van der Waals surface area (Å²) in [6.07, 6.45) is 0. The SMILES string of the molecule is Cc1ccc(C)c(NC(=O)c2cc3cc([N+](=O)[O-])ccc3s2)c1. The summed E-state index contributed by atoms with van der Waals surface area (Å²) in [5.74, 6) is -0.206. The van der Waals surface area contributed by atoms with E-state index in [9.17, 15) is 14.9 Å². The molecule has 0 unspecified atom stereocenters. The van der Waals surface area contributed by atoms with Crippen molar-refractivity contribution in [2.45, 2.75) is 13.8 Å². The van der Waals surface area contributed by atoms with E-state index in [1.807, 2.05) is 32.0 Å². The number of amides is 1. The van der Waals surface area contributed by atoms with E-state index >= 15 is 0 Å². The van der Waals surface area contributed by atoms with Crippen molar-refractivity contribution in [3.63, 3.8) is 0 Å². The summed E-state index contributed by atoms with van der Waals surface area (Å²) >= 11 is 1.32. The Kier molecular flexibility index (Phi) is 3.83. The van der Waals surface area contributed by atoms with E-state index in [2.05, 4.69) is 5.32 Å². The molecule has 6 heteroatoms. The number of nitro benzene ring substituents is 1. The highest BCUT2D eigenvalue weighted by Gasteiger charge is 2.14. The van der Waals surface area contributed by atoms with E-state index < -0.39 is 4.92 Å². The Bertz CT molecular complexity index is 931. The van der Waals surface area contributed by atoms with Gasteiger partial charge in [0.2, 0.25) is 0 Å². The largest absolute Gasteiger partial charge is 0.321 e. The van der Waals surface area contributed by atoms with Crippen LogP contribution in [-0.4, -0.2) is 10.8 Å². The number of fused-ring (bicyclic) bond motifs is 1. The lowest BCUT2D eigenvalue weighted by molar-refractivity contribution is -0.384. The first kappa shape index (κ1) is 15.2. The average molecular weight is 326 g/mol. The van der Waals surface area contributed by atoms with Gasteiger partial charge >= 0.3 is 0 Å². The first-order chi connectivity index (χ1) is 10.9. The minimum absolute atomic E-state index is 0.0248. The predicted molar refractivity (Wildman–Crippen MR) is 92.3 cm³/mol. The molecule has 0 aliphatic heterocycles. The van der Waals surface area contributed by atoms with Crippen LogP contribution in [0.4, 0.5) is 11.4 Å². The van der Waals surface area contributed by atoms with Crippen LogP contribution in [-0.2, 0) is 0 Å². The number of nitrogens with one attached hydrogen (secondary N) is 1. The molecule has 0 saturated carbocycles. The molecule has 0 saturated heterocycles. The van der Waals surface area contributed by atoms with Crippen molar-refractivity contribution in [3.05, 3.63) is 68.6 Å². The Morgan fingerprint density at radius 2 is 1.91 bits per heavy atom. The Morgan fingerprint density at radius 3 is 2.65 bits per heavy atom. The van der Waals surface area contributed by atoms with E-state index in [0.717, 1.165) is 21.5 Å². The summed E-state index contributed by atoms with van der Waals surface area (Å²) in [4.78, 5) is 23.3. The number of non-ortho nitro benzene ring substituents is 1. The van der Waals surface area contributed by atoms with Gasteiger partial charge in [-0.05, 0) is 43.2 Å². The zero-order chi connectivity index (χ0) is 16.6. The molecule has 2 aromatic carbocycles. The van der Waals surface area contributed by atoms with Gasteiger partial charge in [0, 0.05) is 27.9 Å².